The maximum absolute atomic E-state index is 13.4. The zero-order chi connectivity index (χ0) is 25.6. The first kappa shape index (κ1) is 24.6. The van der Waals surface area contributed by atoms with E-state index in [-0.39, 0.29) is 6.42 Å². The van der Waals surface area contributed by atoms with Gasteiger partial charge in [0.05, 0.1) is 41.6 Å². The van der Waals surface area contributed by atoms with Crippen LogP contribution in [0.15, 0.2) is 16.5 Å². The molecule has 3 aromatic rings. The maximum Gasteiger partial charge on any atom is 0.244 e. The van der Waals surface area contributed by atoms with Crippen LogP contribution in [0.1, 0.15) is 37.6 Å². The van der Waals surface area contributed by atoms with E-state index in [4.69, 9.17) is 9.15 Å². The van der Waals surface area contributed by atoms with Gasteiger partial charge in [-0.1, -0.05) is 0 Å². The molecule has 9 nitrogen and oxygen atoms in total. The van der Waals surface area contributed by atoms with Crippen molar-refractivity contribution in [3.63, 3.8) is 0 Å². The molecular weight excluding hydrogens is 472 g/mol. The summed E-state index contributed by atoms with van der Waals surface area (Å²) in [5.41, 5.74) is 2.40. The number of hydrogen-bond donors (Lipinski definition) is 4. The number of aromatic nitrogens is 3. The van der Waals surface area contributed by atoms with Crippen LogP contribution >= 0.6 is 0 Å². The second-order valence-corrected chi connectivity index (χ2v) is 9.65. The zero-order valence-electron chi connectivity index (χ0n) is 20.5. The predicted octanol–water partition coefficient (Wildman–Crippen LogP) is 3.91. The number of alkyl halides is 2. The Bertz CT molecular complexity index is 1250. The number of halogens is 2. The van der Waals surface area contributed by atoms with Crippen LogP contribution < -0.4 is 15.4 Å². The molecular formula is C25H31F2N5O4. The van der Waals surface area contributed by atoms with Crippen LogP contribution in [0.25, 0.3) is 22.3 Å². The van der Waals surface area contributed by atoms with Crippen LogP contribution in [-0.4, -0.2) is 63.0 Å². The Kier molecular flexibility index (Phi) is 6.69. The highest BCUT2D eigenvalue weighted by Gasteiger charge is 2.46. The molecule has 0 bridgehead atoms. The van der Waals surface area contributed by atoms with Crippen molar-refractivity contribution >= 4 is 22.7 Å². The van der Waals surface area contributed by atoms with Crippen molar-refractivity contribution < 1.29 is 28.1 Å². The topological polar surface area (TPSA) is 126 Å². The molecule has 0 spiro atoms. The first-order valence-electron chi connectivity index (χ1n) is 12.3. The van der Waals surface area contributed by atoms with Crippen LogP contribution in [0, 0.1) is 25.7 Å². The molecule has 2 aliphatic rings. The molecule has 0 aliphatic heterocycles. The number of pyridine rings is 1. The van der Waals surface area contributed by atoms with Gasteiger partial charge in [-0.05, 0) is 52.0 Å². The molecule has 0 radical (unpaired) electrons. The number of aliphatic hydroxyl groups is 2. The number of nitrogens with zero attached hydrogens (tertiary/aromatic N) is 3. The average molecular weight is 504 g/mol. The third kappa shape index (κ3) is 4.81. The van der Waals surface area contributed by atoms with Gasteiger partial charge in [-0.3, -0.25) is 0 Å². The van der Waals surface area contributed by atoms with Crippen LogP contribution in [0.2, 0.25) is 0 Å². The quantitative estimate of drug-likeness (QED) is 0.344. The number of fused-ring (bicyclic) bond motifs is 1. The van der Waals surface area contributed by atoms with Crippen molar-refractivity contribution in [3.05, 3.63) is 23.5 Å². The Morgan fingerprint density at radius 2 is 1.89 bits per heavy atom. The Balaban J connectivity index is 1.54. The molecule has 0 saturated heterocycles. The van der Waals surface area contributed by atoms with Gasteiger partial charge in [0.25, 0.3) is 0 Å². The van der Waals surface area contributed by atoms with E-state index in [0.717, 1.165) is 24.8 Å². The lowest BCUT2D eigenvalue weighted by Gasteiger charge is -2.21. The van der Waals surface area contributed by atoms with Gasteiger partial charge in [0, 0.05) is 18.0 Å². The summed E-state index contributed by atoms with van der Waals surface area (Å²) in [6.07, 6.45) is -3.43. The molecule has 194 valence electrons. The van der Waals surface area contributed by atoms with E-state index in [1.165, 1.54) is 0 Å². The molecule has 0 unspecified atom stereocenters. The van der Waals surface area contributed by atoms with E-state index in [0.29, 0.717) is 58.5 Å². The predicted molar refractivity (Wildman–Crippen MR) is 130 cm³/mol. The Labute approximate surface area is 207 Å². The first-order valence-corrected chi connectivity index (χ1v) is 12.3. The molecule has 4 atom stereocenters. The van der Waals surface area contributed by atoms with Crippen LogP contribution in [0.5, 0.6) is 5.88 Å². The number of aryl methyl sites for hydroxylation is 2. The number of rotatable bonds is 9. The van der Waals surface area contributed by atoms with Gasteiger partial charge in [-0.2, -0.15) is 4.98 Å². The smallest absolute Gasteiger partial charge is 0.244 e. The number of hydrogen-bond acceptors (Lipinski definition) is 9. The van der Waals surface area contributed by atoms with Crippen molar-refractivity contribution in [1.82, 2.24) is 15.0 Å². The minimum atomic E-state index is -2.74. The SMILES string of the molecule is CCOc1cc2cc(-c3c(C)nc(NCC4CC4)nc3N[C@@H]3C[C@H](C(F)F)[C@@H](O)[C@H]3O)oc2c(C)n1. The fraction of sp³-hybridized carbons (Fsp3) is 0.560. The highest BCUT2D eigenvalue weighted by molar-refractivity contribution is 5.88. The van der Waals surface area contributed by atoms with E-state index >= 15 is 0 Å². The van der Waals surface area contributed by atoms with Crippen molar-refractivity contribution in [3.8, 4) is 17.2 Å². The van der Waals surface area contributed by atoms with Crippen molar-refractivity contribution in [1.29, 1.82) is 0 Å². The lowest BCUT2D eigenvalue weighted by molar-refractivity contribution is -0.0333. The third-order valence-corrected chi connectivity index (χ3v) is 6.89. The standard InChI is InChI=1S/C25H31F2N5O4/c1-4-35-18-8-14-7-17(36-22(14)12(3)29-18)19-11(2)30-25(28-10-13-5-6-13)32-24(19)31-16-9-15(23(26)27)20(33)21(16)34/h7-8,13,15-16,20-21,23,33-34H,4-6,9-10H2,1-3H3,(H2,28,30,31,32)/t15-,16+,20+,21-/m0/s1. The largest absolute Gasteiger partial charge is 0.478 e. The summed E-state index contributed by atoms with van der Waals surface area (Å²) < 4.78 is 38.5. The Morgan fingerprint density at radius 1 is 1.11 bits per heavy atom. The van der Waals surface area contributed by atoms with Crippen LogP contribution in [-0.2, 0) is 0 Å². The summed E-state index contributed by atoms with van der Waals surface area (Å²) in [5.74, 6) is 0.957. The zero-order valence-corrected chi connectivity index (χ0v) is 20.5. The number of ether oxygens (including phenoxy) is 1. The fourth-order valence-corrected chi connectivity index (χ4v) is 4.77. The van der Waals surface area contributed by atoms with Gasteiger partial charge in [0.1, 0.15) is 17.7 Å². The number of anilines is 2. The highest BCUT2D eigenvalue weighted by Crippen LogP contribution is 2.39. The summed E-state index contributed by atoms with van der Waals surface area (Å²) in [6.45, 7) is 6.75. The number of aliphatic hydroxyl groups excluding tert-OH is 2. The average Bonchev–Trinajstić information content (AvgIpc) is 3.49. The van der Waals surface area contributed by atoms with Crippen LogP contribution in [0.3, 0.4) is 0 Å². The van der Waals surface area contributed by atoms with E-state index < -0.39 is 30.6 Å². The minimum absolute atomic E-state index is 0.103. The summed E-state index contributed by atoms with van der Waals surface area (Å²) in [6, 6.07) is 2.81. The van der Waals surface area contributed by atoms with E-state index in [9.17, 15) is 19.0 Å². The summed E-state index contributed by atoms with van der Waals surface area (Å²) in [7, 11) is 0. The lowest BCUT2D eigenvalue weighted by Crippen LogP contribution is -2.36. The third-order valence-electron chi connectivity index (χ3n) is 6.89. The van der Waals surface area contributed by atoms with Gasteiger partial charge >= 0.3 is 0 Å². The van der Waals surface area contributed by atoms with Crippen molar-refractivity contribution in [2.75, 3.05) is 23.8 Å². The molecule has 0 aromatic carbocycles. The molecule has 11 heteroatoms. The molecule has 36 heavy (non-hydrogen) atoms. The Morgan fingerprint density at radius 3 is 2.56 bits per heavy atom. The lowest BCUT2D eigenvalue weighted by atomic mass is 10.1. The maximum atomic E-state index is 13.4. The fourth-order valence-electron chi connectivity index (χ4n) is 4.77. The normalized spacial score (nSPS) is 24.0. The van der Waals surface area contributed by atoms with Gasteiger partial charge < -0.3 is 30.0 Å². The van der Waals surface area contributed by atoms with Gasteiger partial charge in [0.15, 0.2) is 5.58 Å². The number of nitrogens with one attached hydrogen (secondary N) is 2. The molecule has 5 rings (SSSR count). The molecule has 2 fully saturated rings. The Hall–Kier alpha value is -3.05. The summed E-state index contributed by atoms with van der Waals surface area (Å²) in [4.78, 5) is 13.7. The second-order valence-electron chi connectivity index (χ2n) is 9.65. The van der Waals surface area contributed by atoms with E-state index in [1.807, 2.05) is 26.8 Å². The number of furan rings is 1. The van der Waals surface area contributed by atoms with Crippen molar-refractivity contribution in [2.24, 2.45) is 11.8 Å². The molecule has 2 aliphatic carbocycles. The van der Waals surface area contributed by atoms with Gasteiger partial charge in [-0.25, -0.2) is 18.7 Å². The van der Waals surface area contributed by atoms with Gasteiger partial charge in [0.2, 0.25) is 18.3 Å². The van der Waals surface area contributed by atoms with Gasteiger partial charge in [-0.15, -0.1) is 0 Å². The summed E-state index contributed by atoms with van der Waals surface area (Å²) in [5, 5.41) is 27.8. The monoisotopic (exact) mass is 503 g/mol. The first-order chi connectivity index (χ1) is 17.2. The molecule has 3 aromatic heterocycles. The van der Waals surface area contributed by atoms with Crippen LogP contribution in [0.4, 0.5) is 20.5 Å². The second kappa shape index (κ2) is 9.78. The van der Waals surface area contributed by atoms with E-state index in [2.05, 4.69) is 25.6 Å². The summed E-state index contributed by atoms with van der Waals surface area (Å²) >= 11 is 0. The molecule has 2 saturated carbocycles. The minimum Gasteiger partial charge on any atom is -0.478 e. The highest BCUT2D eigenvalue weighted by atomic mass is 19.3. The van der Waals surface area contributed by atoms with Crippen molar-refractivity contribution in [2.45, 2.75) is 64.7 Å². The molecule has 3 heterocycles. The van der Waals surface area contributed by atoms with E-state index in [1.54, 1.807) is 6.07 Å². The molecule has 0 amide bonds. The molecule has 4 N–H and O–H groups in total.